The van der Waals surface area contributed by atoms with E-state index in [-0.39, 0.29) is 5.91 Å². The van der Waals surface area contributed by atoms with Gasteiger partial charge in [-0.05, 0) is 42.9 Å². The van der Waals surface area contributed by atoms with Gasteiger partial charge in [0.25, 0.3) is 5.91 Å². The zero-order chi connectivity index (χ0) is 18.5. The van der Waals surface area contributed by atoms with Crippen LogP contribution >= 0.6 is 0 Å². The van der Waals surface area contributed by atoms with Gasteiger partial charge in [-0.15, -0.1) is 0 Å². The first-order valence-electron chi connectivity index (χ1n) is 10.0. The smallest absolute Gasteiger partial charge is 0.270 e. The number of carbonyl (C=O) groups excluding carboxylic acids is 1. The summed E-state index contributed by atoms with van der Waals surface area (Å²) in [5.74, 6) is 0.582. The average molecular weight is 365 g/mol. The molecule has 6 nitrogen and oxygen atoms in total. The number of rotatable bonds is 5. The number of carbonyl (C=O) groups is 1. The van der Waals surface area contributed by atoms with Crippen molar-refractivity contribution in [3.8, 4) is 0 Å². The van der Waals surface area contributed by atoms with Crippen molar-refractivity contribution in [1.82, 2.24) is 25.2 Å². The van der Waals surface area contributed by atoms with Gasteiger partial charge in [0.1, 0.15) is 12.0 Å². The normalized spacial score (nSPS) is 18.1. The molecule has 1 fully saturated rings. The van der Waals surface area contributed by atoms with Gasteiger partial charge in [-0.2, -0.15) is 0 Å². The molecule has 1 N–H and O–H groups in total. The number of pyridine rings is 1. The van der Waals surface area contributed by atoms with E-state index in [0.717, 1.165) is 43.9 Å². The number of hydrogen-bond donors (Lipinski definition) is 1. The maximum Gasteiger partial charge on any atom is 0.270 e. The predicted molar refractivity (Wildman–Crippen MR) is 103 cm³/mol. The molecule has 0 unspecified atom stereocenters. The first kappa shape index (κ1) is 18.0. The monoisotopic (exact) mass is 365 g/mol. The number of nitrogens with zero attached hydrogens (tertiary/aromatic N) is 4. The lowest BCUT2D eigenvalue weighted by Crippen LogP contribution is -2.35. The summed E-state index contributed by atoms with van der Waals surface area (Å²) in [6, 6.07) is 4.08. The number of nitrogens with one attached hydrogen (secondary N) is 1. The van der Waals surface area contributed by atoms with Crippen LogP contribution in [0.2, 0.25) is 0 Å². The van der Waals surface area contributed by atoms with E-state index >= 15 is 0 Å². The van der Waals surface area contributed by atoms with Gasteiger partial charge in [-0.25, -0.2) is 9.97 Å². The minimum absolute atomic E-state index is 0.0400. The predicted octanol–water partition coefficient (Wildman–Crippen LogP) is 2.74. The molecule has 0 aromatic carbocycles. The van der Waals surface area contributed by atoms with E-state index in [1.54, 1.807) is 0 Å². The first-order chi connectivity index (χ1) is 13.3. The molecule has 2 aliphatic rings. The van der Waals surface area contributed by atoms with Crippen LogP contribution in [0.4, 0.5) is 0 Å². The highest BCUT2D eigenvalue weighted by Gasteiger charge is 2.24. The lowest BCUT2D eigenvalue weighted by molar-refractivity contribution is 0.0935. The van der Waals surface area contributed by atoms with Crippen LogP contribution in [0.5, 0.6) is 0 Å². The maximum absolute atomic E-state index is 12.7. The lowest BCUT2D eigenvalue weighted by Gasteiger charge is -2.28. The fourth-order valence-electron chi connectivity index (χ4n) is 4.20. The Bertz CT molecular complexity index is 773. The SMILES string of the molecule is O=C(NCC1CCCCC1)c1ncnc2c1CCN(Cc1ccncc1)C2. The highest BCUT2D eigenvalue weighted by molar-refractivity contribution is 5.93. The van der Waals surface area contributed by atoms with Crippen molar-refractivity contribution in [3.63, 3.8) is 0 Å². The van der Waals surface area contributed by atoms with Gasteiger partial charge in [0.15, 0.2) is 0 Å². The standard InChI is InChI=1S/C21H27N5O/c27-21(23-12-16-4-2-1-3-5-16)20-18-8-11-26(14-19(18)24-15-25-20)13-17-6-9-22-10-7-17/h6-7,9-10,15-16H,1-5,8,11-14H2,(H,23,27). The summed E-state index contributed by atoms with van der Waals surface area (Å²) in [6.45, 7) is 3.30. The summed E-state index contributed by atoms with van der Waals surface area (Å²) < 4.78 is 0. The van der Waals surface area contributed by atoms with Crippen LogP contribution in [-0.2, 0) is 19.5 Å². The molecule has 0 atom stereocenters. The molecule has 1 aliphatic heterocycles. The molecule has 0 bridgehead atoms. The van der Waals surface area contributed by atoms with Crippen LogP contribution < -0.4 is 5.32 Å². The summed E-state index contributed by atoms with van der Waals surface area (Å²) in [7, 11) is 0. The van der Waals surface area contributed by atoms with E-state index in [9.17, 15) is 4.79 Å². The van der Waals surface area contributed by atoms with Crippen molar-refractivity contribution in [3.05, 3.63) is 53.4 Å². The molecule has 4 rings (SSSR count). The van der Waals surface area contributed by atoms with Gasteiger partial charge in [-0.3, -0.25) is 14.7 Å². The van der Waals surface area contributed by atoms with E-state index in [1.165, 1.54) is 44.0 Å². The summed E-state index contributed by atoms with van der Waals surface area (Å²) >= 11 is 0. The Hall–Kier alpha value is -2.34. The molecule has 2 aromatic heterocycles. The summed E-state index contributed by atoms with van der Waals surface area (Å²) in [5, 5.41) is 3.12. The van der Waals surface area contributed by atoms with Crippen LogP contribution in [-0.4, -0.2) is 38.8 Å². The van der Waals surface area contributed by atoms with E-state index in [1.807, 2.05) is 24.5 Å². The first-order valence-corrected chi connectivity index (χ1v) is 10.0. The van der Waals surface area contributed by atoms with Crippen LogP contribution in [0.1, 0.15) is 59.4 Å². The van der Waals surface area contributed by atoms with Crippen molar-refractivity contribution in [1.29, 1.82) is 0 Å². The van der Waals surface area contributed by atoms with E-state index in [4.69, 9.17) is 0 Å². The van der Waals surface area contributed by atoms with Crippen LogP contribution in [0.15, 0.2) is 30.9 Å². The van der Waals surface area contributed by atoms with Gasteiger partial charge in [0.2, 0.25) is 0 Å². The van der Waals surface area contributed by atoms with Crippen molar-refractivity contribution >= 4 is 5.91 Å². The van der Waals surface area contributed by atoms with Gasteiger partial charge in [0.05, 0.1) is 5.69 Å². The van der Waals surface area contributed by atoms with Gasteiger partial charge in [-0.1, -0.05) is 19.3 Å². The van der Waals surface area contributed by atoms with Crippen molar-refractivity contribution in [2.45, 2.75) is 51.6 Å². The summed E-state index contributed by atoms with van der Waals surface area (Å²) in [5.41, 5.74) is 3.81. The van der Waals surface area contributed by atoms with Crippen molar-refractivity contribution in [2.24, 2.45) is 5.92 Å². The van der Waals surface area contributed by atoms with Crippen LogP contribution in [0, 0.1) is 5.92 Å². The summed E-state index contributed by atoms with van der Waals surface area (Å²) in [6.07, 6.45) is 12.4. The number of fused-ring (bicyclic) bond motifs is 1. The Morgan fingerprint density at radius 3 is 2.78 bits per heavy atom. The minimum atomic E-state index is -0.0400. The van der Waals surface area contributed by atoms with Crippen LogP contribution in [0.25, 0.3) is 0 Å². The molecule has 1 saturated carbocycles. The van der Waals surface area contributed by atoms with E-state index in [0.29, 0.717) is 11.6 Å². The molecule has 1 aliphatic carbocycles. The zero-order valence-electron chi connectivity index (χ0n) is 15.7. The largest absolute Gasteiger partial charge is 0.350 e. The Morgan fingerprint density at radius 2 is 1.96 bits per heavy atom. The topological polar surface area (TPSA) is 71.0 Å². The molecule has 0 spiro atoms. The second kappa shape index (κ2) is 8.57. The maximum atomic E-state index is 12.7. The highest BCUT2D eigenvalue weighted by Crippen LogP contribution is 2.24. The second-order valence-electron chi connectivity index (χ2n) is 7.68. The van der Waals surface area contributed by atoms with Gasteiger partial charge in [0, 0.05) is 44.1 Å². The lowest BCUT2D eigenvalue weighted by atomic mass is 9.89. The summed E-state index contributed by atoms with van der Waals surface area (Å²) in [4.78, 5) is 27.9. The van der Waals surface area contributed by atoms with Crippen molar-refractivity contribution < 1.29 is 4.79 Å². The Kier molecular flexibility index (Phi) is 5.72. The second-order valence-corrected chi connectivity index (χ2v) is 7.68. The number of hydrogen-bond acceptors (Lipinski definition) is 5. The molecular weight excluding hydrogens is 338 g/mol. The van der Waals surface area contributed by atoms with Gasteiger partial charge >= 0.3 is 0 Å². The molecule has 3 heterocycles. The Balaban J connectivity index is 1.40. The third kappa shape index (κ3) is 4.50. The van der Waals surface area contributed by atoms with E-state index < -0.39 is 0 Å². The number of aromatic nitrogens is 3. The molecule has 2 aromatic rings. The molecule has 0 radical (unpaired) electrons. The Morgan fingerprint density at radius 1 is 1.15 bits per heavy atom. The molecule has 0 saturated heterocycles. The third-order valence-electron chi connectivity index (χ3n) is 5.73. The highest BCUT2D eigenvalue weighted by atomic mass is 16.1. The molecule has 6 heteroatoms. The molecule has 1 amide bonds. The van der Waals surface area contributed by atoms with E-state index in [2.05, 4.69) is 25.2 Å². The molecule has 142 valence electrons. The Labute approximate surface area is 160 Å². The third-order valence-corrected chi connectivity index (χ3v) is 5.73. The molecular formula is C21H27N5O. The quantitative estimate of drug-likeness (QED) is 0.882. The van der Waals surface area contributed by atoms with Crippen LogP contribution in [0.3, 0.4) is 0 Å². The average Bonchev–Trinajstić information content (AvgIpc) is 2.73. The number of amides is 1. The minimum Gasteiger partial charge on any atom is -0.350 e. The fourth-order valence-corrected chi connectivity index (χ4v) is 4.20. The fraction of sp³-hybridized carbons (Fsp3) is 0.524. The van der Waals surface area contributed by atoms with Gasteiger partial charge < -0.3 is 5.32 Å². The van der Waals surface area contributed by atoms with Crippen molar-refractivity contribution in [2.75, 3.05) is 13.1 Å². The zero-order valence-corrected chi connectivity index (χ0v) is 15.7. The molecule has 27 heavy (non-hydrogen) atoms.